The lowest BCUT2D eigenvalue weighted by Crippen LogP contribution is -2.32. The molecule has 0 atom stereocenters. The van der Waals surface area contributed by atoms with Gasteiger partial charge in [0.15, 0.2) is 11.5 Å². The van der Waals surface area contributed by atoms with Crippen molar-refractivity contribution in [1.82, 2.24) is 5.43 Å². The molecule has 2 amide bonds. The van der Waals surface area contributed by atoms with Crippen LogP contribution in [0.5, 0.6) is 11.5 Å². The summed E-state index contributed by atoms with van der Waals surface area (Å²) in [7, 11) is 1.44. The van der Waals surface area contributed by atoms with E-state index in [0.717, 1.165) is 11.1 Å². The molecule has 0 fully saturated rings. The van der Waals surface area contributed by atoms with Crippen LogP contribution in [-0.2, 0) is 9.59 Å². The molecule has 0 spiro atoms. The number of hydrazone groups is 1. The van der Waals surface area contributed by atoms with Gasteiger partial charge in [-0.3, -0.25) is 9.59 Å². The maximum absolute atomic E-state index is 12.5. The van der Waals surface area contributed by atoms with Crippen molar-refractivity contribution in [2.45, 2.75) is 13.8 Å². The van der Waals surface area contributed by atoms with Gasteiger partial charge in [0.05, 0.1) is 18.9 Å². The van der Waals surface area contributed by atoms with E-state index in [2.05, 4.69) is 15.8 Å². The number of hydrogen-bond donors (Lipinski definition) is 2. The third-order valence-corrected chi connectivity index (χ3v) is 4.65. The molecule has 168 valence electrons. The van der Waals surface area contributed by atoms with Gasteiger partial charge < -0.3 is 14.8 Å². The Bertz CT molecular complexity index is 1200. The van der Waals surface area contributed by atoms with Crippen LogP contribution in [0.4, 0.5) is 5.69 Å². The lowest BCUT2D eigenvalue weighted by atomic mass is 10.1. The van der Waals surface area contributed by atoms with E-state index >= 15 is 0 Å². The molecule has 0 aliphatic carbocycles. The number of nitrogens with zero attached hydrogens (tertiary/aromatic N) is 1. The van der Waals surface area contributed by atoms with E-state index < -0.39 is 17.8 Å². The zero-order valence-electron chi connectivity index (χ0n) is 18.4. The highest BCUT2D eigenvalue weighted by Crippen LogP contribution is 2.28. The minimum absolute atomic E-state index is 0.240. The summed E-state index contributed by atoms with van der Waals surface area (Å²) < 4.78 is 10.8. The normalized spacial score (nSPS) is 10.5. The molecule has 8 heteroatoms. The molecule has 33 heavy (non-hydrogen) atoms. The standard InChI is InChI=1S/C25H23N3O5/c1-16-8-11-19(12-9-16)27-23(29)24(30)28-26-15-18-10-13-21(22(14-18)32-3)33-25(31)20-7-5-4-6-17(20)2/h4-15H,1-3H3,(H,27,29)(H,28,30)/b26-15+. The summed E-state index contributed by atoms with van der Waals surface area (Å²) in [6.07, 6.45) is 1.34. The molecular weight excluding hydrogens is 422 g/mol. The first kappa shape index (κ1) is 23.2. The molecule has 0 aliphatic heterocycles. The molecule has 0 radical (unpaired) electrons. The summed E-state index contributed by atoms with van der Waals surface area (Å²) in [6.45, 7) is 3.74. The predicted molar refractivity (Wildman–Crippen MR) is 125 cm³/mol. The van der Waals surface area contributed by atoms with E-state index in [1.165, 1.54) is 13.3 Å². The number of ether oxygens (including phenoxy) is 2. The Balaban J connectivity index is 1.61. The third-order valence-electron chi connectivity index (χ3n) is 4.65. The number of carbonyl (C=O) groups is 3. The van der Waals surface area contributed by atoms with E-state index in [1.807, 2.05) is 38.1 Å². The lowest BCUT2D eigenvalue weighted by molar-refractivity contribution is -0.136. The van der Waals surface area contributed by atoms with Gasteiger partial charge in [0.1, 0.15) is 0 Å². The van der Waals surface area contributed by atoms with Gasteiger partial charge >= 0.3 is 17.8 Å². The summed E-state index contributed by atoms with van der Waals surface area (Å²) in [6, 6.07) is 18.9. The fourth-order valence-electron chi connectivity index (χ4n) is 2.85. The number of methoxy groups -OCH3 is 1. The second-order valence-electron chi connectivity index (χ2n) is 7.13. The first-order valence-corrected chi connectivity index (χ1v) is 10.0. The first-order chi connectivity index (χ1) is 15.9. The zero-order chi connectivity index (χ0) is 23.8. The minimum Gasteiger partial charge on any atom is -0.493 e. The van der Waals surface area contributed by atoms with Gasteiger partial charge in [-0.2, -0.15) is 5.10 Å². The second kappa shape index (κ2) is 10.7. The topological polar surface area (TPSA) is 106 Å². The molecule has 0 heterocycles. The number of hydrogen-bond acceptors (Lipinski definition) is 6. The highest BCUT2D eigenvalue weighted by molar-refractivity contribution is 6.39. The van der Waals surface area contributed by atoms with Crippen molar-refractivity contribution in [3.8, 4) is 11.5 Å². The molecule has 0 bridgehead atoms. The maximum Gasteiger partial charge on any atom is 0.343 e. The van der Waals surface area contributed by atoms with Crippen molar-refractivity contribution in [3.05, 3.63) is 89.0 Å². The van der Waals surface area contributed by atoms with Gasteiger partial charge in [0.25, 0.3) is 0 Å². The van der Waals surface area contributed by atoms with Crippen LogP contribution in [0, 0.1) is 13.8 Å². The van der Waals surface area contributed by atoms with Crippen LogP contribution in [0.2, 0.25) is 0 Å². The number of amides is 2. The highest BCUT2D eigenvalue weighted by Gasteiger charge is 2.15. The molecule has 3 rings (SSSR count). The molecule has 0 unspecified atom stereocenters. The molecule has 3 aromatic carbocycles. The smallest absolute Gasteiger partial charge is 0.343 e. The highest BCUT2D eigenvalue weighted by atomic mass is 16.6. The summed E-state index contributed by atoms with van der Waals surface area (Å²) in [5.74, 6) is -1.71. The number of aryl methyl sites for hydroxylation is 2. The van der Waals surface area contributed by atoms with Crippen LogP contribution in [0.1, 0.15) is 27.0 Å². The number of anilines is 1. The molecule has 0 saturated heterocycles. The summed E-state index contributed by atoms with van der Waals surface area (Å²) >= 11 is 0. The van der Waals surface area contributed by atoms with Gasteiger partial charge in [-0.25, -0.2) is 10.2 Å². The van der Waals surface area contributed by atoms with Crippen LogP contribution < -0.4 is 20.2 Å². The van der Waals surface area contributed by atoms with Gasteiger partial charge in [0, 0.05) is 5.69 Å². The van der Waals surface area contributed by atoms with Crippen LogP contribution in [0.15, 0.2) is 71.8 Å². The van der Waals surface area contributed by atoms with Gasteiger partial charge in [-0.15, -0.1) is 0 Å². The molecule has 0 aromatic heterocycles. The van der Waals surface area contributed by atoms with Crippen LogP contribution in [0.25, 0.3) is 0 Å². The Kier molecular flexibility index (Phi) is 7.54. The Morgan fingerprint density at radius 1 is 0.879 bits per heavy atom. The van der Waals surface area contributed by atoms with E-state index in [0.29, 0.717) is 22.6 Å². The Labute approximate surface area is 191 Å². The molecule has 0 saturated carbocycles. The van der Waals surface area contributed by atoms with Gasteiger partial charge in [-0.1, -0.05) is 35.9 Å². The third kappa shape index (κ3) is 6.27. The first-order valence-electron chi connectivity index (χ1n) is 10.0. The van der Waals surface area contributed by atoms with Crippen molar-refractivity contribution in [3.63, 3.8) is 0 Å². The molecule has 3 aromatic rings. The predicted octanol–water partition coefficient (Wildman–Crippen LogP) is 3.62. The maximum atomic E-state index is 12.5. The van der Waals surface area contributed by atoms with Crippen molar-refractivity contribution < 1.29 is 23.9 Å². The number of esters is 1. The second-order valence-corrected chi connectivity index (χ2v) is 7.13. The van der Waals surface area contributed by atoms with E-state index in [4.69, 9.17) is 9.47 Å². The number of benzene rings is 3. The minimum atomic E-state index is -0.914. The largest absolute Gasteiger partial charge is 0.493 e. The monoisotopic (exact) mass is 445 g/mol. The van der Waals surface area contributed by atoms with Gasteiger partial charge in [0.2, 0.25) is 0 Å². The average molecular weight is 445 g/mol. The Hall–Kier alpha value is -4.46. The molecule has 8 nitrogen and oxygen atoms in total. The quantitative estimate of drug-likeness (QED) is 0.198. The van der Waals surface area contributed by atoms with E-state index in [1.54, 1.807) is 42.5 Å². The van der Waals surface area contributed by atoms with E-state index in [-0.39, 0.29) is 5.75 Å². The summed E-state index contributed by atoms with van der Waals surface area (Å²) in [4.78, 5) is 36.4. The van der Waals surface area contributed by atoms with E-state index in [9.17, 15) is 14.4 Å². The number of carbonyl (C=O) groups excluding carboxylic acids is 3. The van der Waals surface area contributed by atoms with Crippen LogP contribution in [0.3, 0.4) is 0 Å². The van der Waals surface area contributed by atoms with Crippen LogP contribution >= 0.6 is 0 Å². The fourth-order valence-corrected chi connectivity index (χ4v) is 2.85. The van der Waals surface area contributed by atoms with Crippen molar-refractivity contribution in [2.24, 2.45) is 5.10 Å². The Morgan fingerprint density at radius 2 is 1.61 bits per heavy atom. The SMILES string of the molecule is COc1cc(/C=N/NC(=O)C(=O)Nc2ccc(C)cc2)ccc1OC(=O)c1ccccc1C. The van der Waals surface area contributed by atoms with Crippen LogP contribution in [-0.4, -0.2) is 31.1 Å². The number of rotatable bonds is 6. The number of nitrogens with one attached hydrogen (secondary N) is 2. The van der Waals surface area contributed by atoms with Crippen molar-refractivity contribution in [2.75, 3.05) is 12.4 Å². The zero-order valence-corrected chi connectivity index (χ0v) is 18.4. The summed E-state index contributed by atoms with van der Waals surface area (Å²) in [5.41, 5.74) is 5.52. The lowest BCUT2D eigenvalue weighted by Gasteiger charge is -2.11. The molecule has 2 N–H and O–H groups in total. The van der Waals surface area contributed by atoms with Crippen molar-refractivity contribution in [1.29, 1.82) is 0 Å². The Morgan fingerprint density at radius 3 is 2.30 bits per heavy atom. The summed E-state index contributed by atoms with van der Waals surface area (Å²) in [5, 5.41) is 6.28. The van der Waals surface area contributed by atoms with Crippen molar-refractivity contribution >= 4 is 29.7 Å². The van der Waals surface area contributed by atoms with Gasteiger partial charge in [-0.05, 0) is 61.4 Å². The fraction of sp³-hybridized carbons (Fsp3) is 0.120. The molecule has 0 aliphatic rings. The average Bonchev–Trinajstić information content (AvgIpc) is 2.81. The molecular formula is C25H23N3O5.